The van der Waals surface area contributed by atoms with Crippen LogP contribution >= 0.6 is 0 Å². The van der Waals surface area contributed by atoms with Crippen LogP contribution in [-0.2, 0) is 0 Å². The van der Waals surface area contributed by atoms with Crippen LogP contribution in [0.25, 0.3) is 0 Å². The molecular weight excluding hydrogens is 400 g/mol. The first-order chi connectivity index (χ1) is 15.4. The minimum Gasteiger partial charge on any atom is -0.507 e. The van der Waals surface area contributed by atoms with Gasteiger partial charge in [0.2, 0.25) is 0 Å². The predicted octanol–water partition coefficient (Wildman–Crippen LogP) is 4.06. The summed E-state index contributed by atoms with van der Waals surface area (Å²) in [7, 11) is 0. The molecule has 0 bridgehead atoms. The summed E-state index contributed by atoms with van der Waals surface area (Å²) in [5, 5.41) is 23.2. The topological polar surface area (TPSA) is 80.5 Å². The second-order valence-electron chi connectivity index (χ2n) is 8.48. The first-order valence-corrected chi connectivity index (χ1v) is 11.4. The van der Waals surface area contributed by atoms with Gasteiger partial charge in [0.15, 0.2) is 0 Å². The Bertz CT molecular complexity index is 878. The third kappa shape index (κ3) is 8.81. The molecule has 2 aromatic rings. The van der Waals surface area contributed by atoms with Crippen molar-refractivity contribution in [2.24, 2.45) is 9.98 Å². The van der Waals surface area contributed by atoms with Gasteiger partial charge in [-0.25, -0.2) is 0 Å². The summed E-state index contributed by atoms with van der Waals surface area (Å²) in [6, 6.07) is 13.3. The summed E-state index contributed by atoms with van der Waals surface area (Å²) in [5.41, 5.74) is 2.71. The van der Waals surface area contributed by atoms with Gasteiger partial charge in [-0.15, -0.1) is 0 Å². The molecule has 0 amide bonds. The average molecular weight is 439 g/mol. The Morgan fingerprint density at radius 2 is 1.53 bits per heavy atom. The summed E-state index contributed by atoms with van der Waals surface area (Å²) in [6.45, 7) is 13.5. The van der Waals surface area contributed by atoms with E-state index in [0.29, 0.717) is 25.0 Å². The normalized spacial score (nSPS) is 12.2. The first kappa shape index (κ1) is 25.6. The van der Waals surface area contributed by atoms with Crippen LogP contribution in [-0.4, -0.2) is 72.9 Å². The molecule has 0 saturated carbocycles. The second-order valence-corrected chi connectivity index (χ2v) is 8.48. The monoisotopic (exact) mass is 438 g/mol. The molecule has 174 valence electrons. The Hall–Kier alpha value is -2.70. The van der Waals surface area contributed by atoms with Crippen molar-refractivity contribution >= 4 is 12.4 Å². The van der Waals surface area contributed by atoms with Crippen LogP contribution in [0, 0.1) is 0 Å². The Morgan fingerprint density at radius 3 is 2.25 bits per heavy atom. The van der Waals surface area contributed by atoms with Gasteiger partial charge in [0.05, 0.1) is 13.1 Å². The summed E-state index contributed by atoms with van der Waals surface area (Å²) in [4.78, 5) is 11.3. The number of aromatic hydroxyl groups is 2. The highest BCUT2D eigenvalue weighted by molar-refractivity contribution is 5.84. The largest absolute Gasteiger partial charge is 0.507 e. The van der Waals surface area contributed by atoms with Crippen molar-refractivity contribution in [3.8, 4) is 11.5 Å². The van der Waals surface area contributed by atoms with E-state index in [9.17, 15) is 10.2 Å². The highest BCUT2D eigenvalue weighted by atomic mass is 16.3. The molecule has 0 aromatic heterocycles. The van der Waals surface area contributed by atoms with E-state index < -0.39 is 0 Å². The molecule has 0 aliphatic carbocycles. The predicted molar refractivity (Wildman–Crippen MR) is 135 cm³/mol. The van der Waals surface area contributed by atoms with E-state index in [2.05, 4.69) is 47.9 Å². The van der Waals surface area contributed by atoms with E-state index in [-0.39, 0.29) is 11.5 Å². The SMILES string of the molecule is CC(C)c1ccc(O)c(C=NCCN(CCNCCN=Cc2ccccc2O)C(C)C)c1. The van der Waals surface area contributed by atoms with Gasteiger partial charge in [-0.1, -0.05) is 32.0 Å². The standard InChI is InChI=1S/C26H38N4O2/c1-20(2)22-9-10-26(32)24(17-22)19-29-14-16-30(21(3)4)15-13-27-11-12-28-18-23-7-5-6-8-25(23)31/h5-10,17-21,27,31-32H,11-16H2,1-4H3. The van der Waals surface area contributed by atoms with E-state index in [4.69, 9.17) is 0 Å². The molecule has 2 aromatic carbocycles. The molecule has 0 atom stereocenters. The van der Waals surface area contributed by atoms with Crippen LogP contribution in [0.1, 0.15) is 50.3 Å². The maximum absolute atomic E-state index is 10.1. The minimum atomic E-state index is 0.252. The molecule has 0 heterocycles. The maximum Gasteiger partial charge on any atom is 0.124 e. The zero-order valence-electron chi connectivity index (χ0n) is 19.8. The number of benzene rings is 2. The van der Waals surface area contributed by atoms with E-state index in [1.54, 1.807) is 30.6 Å². The third-order valence-corrected chi connectivity index (χ3v) is 5.36. The van der Waals surface area contributed by atoms with Crippen LogP contribution < -0.4 is 5.32 Å². The summed E-state index contributed by atoms with van der Waals surface area (Å²) < 4.78 is 0. The molecule has 0 fully saturated rings. The van der Waals surface area contributed by atoms with E-state index >= 15 is 0 Å². The Kier molecular flexibility index (Phi) is 10.9. The van der Waals surface area contributed by atoms with Crippen molar-refractivity contribution < 1.29 is 10.2 Å². The second kappa shape index (κ2) is 13.7. The van der Waals surface area contributed by atoms with Crippen molar-refractivity contribution in [3.63, 3.8) is 0 Å². The van der Waals surface area contributed by atoms with E-state index in [0.717, 1.165) is 37.3 Å². The molecule has 0 spiro atoms. The van der Waals surface area contributed by atoms with E-state index in [1.807, 2.05) is 24.3 Å². The van der Waals surface area contributed by atoms with Gasteiger partial charge in [0.1, 0.15) is 11.5 Å². The zero-order chi connectivity index (χ0) is 23.3. The molecule has 0 aliphatic heterocycles. The maximum atomic E-state index is 10.1. The van der Waals surface area contributed by atoms with Gasteiger partial charge < -0.3 is 15.5 Å². The molecule has 0 aliphatic rings. The minimum absolute atomic E-state index is 0.252. The van der Waals surface area contributed by atoms with Crippen LogP contribution in [0.15, 0.2) is 52.4 Å². The number of para-hydroxylation sites is 1. The lowest BCUT2D eigenvalue weighted by molar-refractivity contribution is 0.229. The van der Waals surface area contributed by atoms with E-state index in [1.165, 1.54) is 5.56 Å². The van der Waals surface area contributed by atoms with Crippen LogP contribution in [0.4, 0.5) is 0 Å². The van der Waals surface area contributed by atoms with Gasteiger partial charge in [-0.05, 0) is 49.6 Å². The molecular formula is C26H38N4O2. The molecule has 0 unspecified atom stereocenters. The fourth-order valence-electron chi connectivity index (χ4n) is 3.26. The molecule has 2 rings (SSSR count). The fourth-order valence-corrected chi connectivity index (χ4v) is 3.26. The molecule has 32 heavy (non-hydrogen) atoms. The zero-order valence-corrected chi connectivity index (χ0v) is 19.8. The third-order valence-electron chi connectivity index (χ3n) is 5.36. The van der Waals surface area contributed by atoms with Crippen molar-refractivity contribution in [1.82, 2.24) is 10.2 Å². The van der Waals surface area contributed by atoms with Crippen LogP contribution in [0.2, 0.25) is 0 Å². The number of aliphatic imine (C=N–C) groups is 2. The summed E-state index contributed by atoms with van der Waals surface area (Å²) in [6.07, 6.45) is 3.49. The number of hydrogen-bond acceptors (Lipinski definition) is 6. The summed E-state index contributed by atoms with van der Waals surface area (Å²) in [5.74, 6) is 0.943. The quantitative estimate of drug-likeness (QED) is 0.325. The Balaban J connectivity index is 1.70. The summed E-state index contributed by atoms with van der Waals surface area (Å²) >= 11 is 0. The number of phenols is 2. The van der Waals surface area contributed by atoms with Gasteiger partial charge in [0.25, 0.3) is 0 Å². The molecule has 0 saturated heterocycles. The lowest BCUT2D eigenvalue weighted by atomic mass is 10.0. The van der Waals surface area contributed by atoms with Crippen LogP contribution in [0.5, 0.6) is 11.5 Å². The number of rotatable bonds is 13. The van der Waals surface area contributed by atoms with Crippen molar-refractivity contribution in [2.45, 2.75) is 39.7 Å². The van der Waals surface area contributed by atoms with Gasteiger partial charge >= 0.3 is 0 Å². The first-order valence-electron chi connectivity index (χ1n) is 11.4. The van der Waals surface area contributed by atoms with Crippen LogP contribution in [0.3, 0.4) is 0 Å². The average Bonchev–Trinajstić information content (AvgIpc) is 2.76. The molecule has 0 radical (unpaired) electrons. The van der Waals surface area contributed by atoms with Gasteiger partial charge in [0, 0.05) is 55.8 Å². The molecule has 6 heteroatoms. The highest BCUT2D eigenvalue weighted by Gasteiger charge is 2.08. The Labute approximate surface area is 192 Å². The molecule has 3 N–H and O–H groups in total. The highest BCUT2D eigenvalue weighted by Crippen LogP contribution is 2.21. The number of nitrogens with zero attached hydrogens (tertiary/aromatic N) is 3. The smallest absolute Gasteiger partial charge is 0.124 e. The number of phenolic OH excluding ortho intramolecular Hbond substituents is 2. The fraction of sp³-hybridized carbons (Fsp3) is 0.462. The molecule has 6 nitrogen and oxygen atoms in total. The Morgan fingerprint density at radius 1 is 0.844 bits per heavy atom. The van der Waals surface area contributed by atoms with Crippen molar-refractivity contribution in [3.05, 3.63) is 59.2 Å². The number of hydrogen-bond donors (Lipinski definition) is 3. The van der Waals surface area contributed by atoms with Gasteiger partial charge in [-0.3, -0.25) is 14.9 Å². The lowest BCUT2D eigenvalue weighted by Crippen LogP contribution is -2.39. The lowest BCUT2D eigenvalue weighted by Gasteiger charge is -2.25. The van der Waals surface area contributed by atoms with Crippen molar-refractivity contribution in [1.29, 1.82) is 0 Å². The van der Waals surface area contributed by atoms with Crippen molar-refractivity contribution in [2.75, 3.05) is 39.3 Å². The van der Waals surface area contributed by atoms with Gasteiger partial charge in [-0.2, -0.15) is 0 Å². The number of nitrogens with one attached hydrogen (secondary N) is 1.